The first-order valence-corrected chi connectivity index (χ1v) is 5.94. The van der Waals surface area contributed by atoms with Gasteiger partial charge in [0.2, 0.25) is 5.89 Å². The third kappa shape index (κ3) is 1.64. The number of piperazine rings is 1. The molecular formula is C11H18N4O. The van der Waals surface area contributed by atoms with Crippen LogP contribution in [0.1, 0.15) is 37.5 Å². The molecule has 5 heteroatoms. The first-order chi connectivity index (χ1) is 7.69. The van der Waals surface area contributed by atoms with E-state index in [9.17, 15) is 0 Å². The zero-order chi connectivity index (χ0) is 11.2. The van der Waals surface area contributed by atoms with Crippen molar-refractivity contribution in [1.29, 1.82) is 0 Å². The Hall–Kier alpha value is -0.940. The molecule has 5 nitrogen and oxygen atoms in total. The van der Waals surface area contributed by atoms with E-state index in [-0.39, 0.29) is 11.5 Å². The highest BCUT2D eigenvalue weighted by atomic mass is 16.5. The lowest BCUT2D eigenvalue weighted by atomic mass is 10.1. The Kier molecular flexibility index (Phi) is 2.26. The molecule has 1 aromatic heterocycles. The first-order valence-electron chi connectivity index (χ1n) is 5.94. The van der Waals surface area contributed by atoms with Crippen LogP contribution in [-0.2, 0) is 5.41 Å². The van der Waals surface area contributed by atoms with Gasteiger partial charge < -0.3 is 9.84 Å². The number of likely N-dealkylation sites (N-methyl/N-ethyl adjacent to an activating group) is 1. The molecule has 1 saturated heterocycles. The molecule has 0 spiro atoms. The van der Waals surface area contributed by atoms with Gasteiger partial charge in [0.25, 0.3) is 0 Å². The molecule has 3 rings (SSSR count). The van der Waals surface area contributed by atoms with E-state index in [1.165, 1.54) is 12.8 Å². The maximum atomic E-state index is 5.38. The zero-order valence-electron chi connectivity index (χ0n) is 9.86. The van der Waals surface area contributed by atoms with E-state index in [0.29, 0.717) is 0 Å². The van der Waals surface area contributed by atoms with Crippen LogP contribution in [0.2, 0.25) is 0 Å². The molecule has 88 valence electrons. The van der Waals surface area contributed by atoms with Gasteiger partial charge in [-0.25, -0.2) is 0 Å². The van der Waals surface area contributed by atoms with Crippen LogP contribution < -0.4 is 5.32 Å². The fourth-order valence-electron chi connectivity index (χ4n) is 2.11. The van der Waals surface area contributed by atoms with Crippen molar-refractivity contribution in [2.24, 2.45) is 0 Å². The van der Waals surface area contributed by atoms with E-state index in [2.05, 4.69) is 34.3 Å². The lowest BCUT2D eigenvalue weighted by Gasteiger charge is -2.30. The van der Waals surface area contributed by atoms with Gasteiger partial charge in [-0.15, -0.1) is 0 Å². The van der Waals surface area contributed by atoms with Gasteiger partial charge in [-0.2, -0.15) is 4.98 Å². The minimum atomic E-state index is 0.173. The second kappa shape index (κ2) is 3.53. The highest BCUT2D eigenvalue weighted by Crippen LogP contribution is 2.46. The lowest BCUT2D eigenvalue weighted by Crippen LogP contribution is -2.44. The van der Waals surface area contributed by atoms with E-state index in [0.717, 1.165) is 31.3 Å². The van der Waals surface area contributed by atoms with Crippen molar-refractivity contribution in [1.82, 2.24) is 20.4 Å². The number of hydrogen-bond donors (Lipinski definition) is 1. The molecule has 1 aromatic rings. The standard InChI is InChI=1S/C11H18N4O/c1-11(3-4-11)10-13-9(14-16-10)8-7-12-5-6-15(8)2/h8,12H,3-7H2,1-2H3. The van der Waals surface area contributed by atoms with Crippen LogP contribution in [0.5, 0.6) is 0 Å². The minimum Gasteiger partial charge on any atom is -0.339 e. The molecule has 0 aromatic carbocycles. The average Bonchev–Trinajstić information content (AvgIpc) is 2.84. The van der Waals surface area contributed by atoms with Crippen molar-refractivity contribution in [2.45, 2.75) is 31.2 Å². The summed E-state index contributed by atoms with van der Waals surface area (Å²) in [5, 5.41) is 7.49. The van der Waals surface area contributed by atoms with Crippen LogP contribution >= 0.6 is 0 Å². The van der Waals surface area contributed by atoms with Crippen LogP contribution in [0, 0.1) is 0 Å². The summed E-state index contributed by atoms with van der Waals surface area (Å²) in [5.41, 5.74) is 0.173. The quantitative estimate of drug-likeness (QED) is 0.798. The molecule has 2 aliphatic rings. The van der Waals surface area contributed by atoms with E-state index in [4.69, 9.17) is 4.52 Å². The predicted molar refractivity (Wildman–Crippen MR) is 59.1 cm³/mol. The maximum Gasteiger partial charge on any atom is 0.232 e. The molecule has 1 saturated carbocycles. The smallest absolute Gasteiger partial charge is 0.232 e. The topological polar surface area (TPSA) is 54.2 Å². The molecule has 1 aliphatic heterocycles. The molecule has 1 atom stereocenters. The summed E-state index contributed by atoms with van der Waals surface area (Å²) in [4.78, 5) is 6.84. The second-order valence-corrected chi connectivity index (χ2v) is 5.22. The Morgan fingerprint density at radius 2 is 2.31 bits per heavy atom. The van der Waals surface area contributed by atoms with Gasteiger partial charge in [0.1, 0.15) is 0 Å². The molecule has 1 N–H and O–H groups in total. The van der Waals surface area contributed by atoms with Gasteiger partial charge in [0, 0.05) is 25.0 Å². The largest absolute Gasteiger partial charge is 0.339 e. The number of rotatable bonds is 2. The summed E-state index contributed by atoms with van der Waals surface area (Å²) in [6.07, 6.45) is 2.35. The maximum absolute atomic E-state index is 5.38. The summed E-state index contributed by atoms with van der Waals surface area (Å²) >= 11 is 0. The van der Waals surface area contributed by atoms with Gasteiger partial charge in [-0.3, -0.25) is 4.90 Å². The fraction of sp³-hybridized carbons (Fsp3) is 0.818. The van der Waals surface area contributed by atoms with Crippen LogP contribution in [0.25, 0.3) is 0 Å². The number of hydrogen-bond acceptors (Lipinski definition) is 5. The van der Waals surface area contributed by atoms with Gasteiger partial charge in [-0.05, 0) is 19.9 Å². The van der Waals surface area contributed by atoms with Crippen molar-refractivity contribution in [3.05, 3.63) is 11.7 Å². The van der Waals surface area contributed by atoms with E-state index >= 15 is 0 Å². The number of aromatic nitrogens is 2. The third-order valence-electron chi connectivity index (χ3n) is 3.77. The Labute approximate surface area is 95.2 Å². The van der Waals surface area contributed by atoms with Crippen molar-refractivity contribution in [2.75, 3.05) is 26.7 Å². The van der Waals surface area contributed by atoms with Crippen LogP contribution in [0.3, 0.4) is 0 Å². The van der Waals surface area contributed by atoms with Gasteiger partial charge in [-0.1, -0.05) is 12.1 Å². The summed E-state index contributed by atoms with van der Waals surface area (Å²) in [6, 6.07) is 0.258. The Morgan fingerprint density at radius 1 is 1.50 bits per heavy atom. The van der Waals surface area contributed by atoms with Crippen LogP contribution in [0.15, 0.2) is 4.52 Å². The molecule has 0 radical (unpaired) electrons. The normalized spacial score (nSPS) is 29.2. The van der Waals surface area contributed by atoms with E-state index in [1.807, 2.05) is 0 Å². The van der Waals surface area contributed by atoms with E-state index in [1.54, 1.807) is 0 Å². The molecule has 16 heavy (non-hydrogen) atoms. The third-order valence-corrected chi connectivity index (χ3v) is 3.77. The molecule has 2 fully saturated rings. The summed E-state index contributed by atoms with van der Waals surface area (Å²) < 4.78 is 5.38. The Balaban J connectivity index is 1.80. The van der Waals surface area contributed by atoms with Crippen molar-refractivity contribution >= 4 is 0 Å². The van der Waals surface area contributed by atoms with Crippen molar-refractivity contribution in [3.63, 3.8) is 0 Å². The summed E-state index contributed by atoms with van der Waals surface area (Å²) in [5.74, 6) is 1.65. The fourth-order valence-corrected chi connectivity index (χ4v) is 2.11. The van der Waals surface area contributed by atoms with Crippen molar-refractivity contribution in [3.8, 4) is 0 Å². The highest BCUT2D eigenvalue weighted by molar-refractivity contribution is 5.13. The Bertz CT molecular complexity index is 385. The molecule has 1 unspecified atom stereocenters. The molecule has 1 aliphatic carbocycles. The average molecular weight is 222 g/mol. The number of nitrogens with zero attached hydrogens (tertiary/aromatic N) is 3. The van der Waals surface area contributed by atoms with Crippen LogP contribution in [-0.4, -0.2) is 41.7 Å². The van der Waals surface area contributed by atoms with Crippen molar-refractivity contribution < 1.29 is 4.52 Å². The molecule has 0 amide bonds. The first kappa shape index (κ1) is 10.2. The van der Waals surface area contributed by atoms with Crippen LogP contribution in [0.4, 0.5) is 0 Å². The highest BCUT2D eigenvalue weighted by Gasteiger charge is 2.45. The number of nitrogens with one attached hydrogen (secondary N) is 1. The minimum absolute atomic E-state index is 0.173. The predicted octanol–water partition coefficient (Wildman–Crippen LogP) is 0.697. The molecule has 0 bridgehead atoms. The second-order valence-electron chi connectivity index (χ2n) is 5.22. The molecular weight excluding hydrogens is 204 g/mol. The van der Waals surface area contributed by atoms with E-state index < -0.39 is 0 Å². The SMILES string of the molecule is CN1CCNCC1c1noc(C2(C)CC2)n1. The molecule has 2 heterocycles. The monoisotopic (exact) mass is 222 g/mol. The lowest BCUT2D eigenvalue weighted by molar-refractivity contribution is 0.190. The van der Waals surface area contributed by atoms with Gasteiger partial charge in [0.15, 0.2) is 5.82 Å². The Morgan fingerprint density at radius 3 is 3.00 bits per heavy atom. The summed E-state index contributed by atoms with van der Waals surface area (Å²) in [6.45, 7) is 5.17. The van der Waals surface area contributed by atoms with Gasteiger partial charge >= 0.3 is 0 Å². The summed E-state index contributed by atoms with van der Waals surface area (Å²) in [7, 11) is 2.11. The van der Waals surface area contributed by atoms with Gasteiger partial charge in [0.05, 0.1) is 6.04 Å². The zero-order valence-corrected chi connectivity index (χ0v) is 9.86.